The topological polar surface area (TPSA) is 62.4 Å². The minimum atomic E-state index is -0.590. The molecule has 0 bridgehead atoms. The standard InChI is InChI=1S/C13H18O4/c14-10(15)11(5-2-1-3-6-11)9-4-7-12-13(8-9,16-12)17-12/h9H,1-8H2,(H,14,15). The highest BCUT2D eigenvalue weighted by atomic mass is 17.0. The first-order valence-electron chi connectivity index (χ1n) is 6.76. The van der Waals surface area contributed by atoms with Gasteiger partial charge in [-0.25, -0.2) is 0 Å². The minimum absolute atomic E-state index is 0.249. The van der Waals surface area contributed by atoms with Crippen LogP contribution in [0.1, 0.15) is 51.4 Å². The van der Waals surface area contributed by atoms with Crippen molar-refractivity contribution in [1.29, 1.82) is 0 Å². The van der Waals surface area contributed by atoms with E-state index in [-0.39, 0.29) is 17.5 Å². The van der Waals surface area contributed by atoms with Gasteiger partial charge in [0.2, 0.25) is 11.6 Å². The molecular weight excluding hydrogens is 220 g/mol. The van der Waals surface area contributed by atoms with Gasteiger partial charge in [-0.3, -0.25) is 4.79 Å². The van der Waals surface area contributed by atoms with E-state index in [1.54, 1.807) is 0 Å². The Hall–Kier alpha value is -0.610. The lowest BCUT2D eigenvalue weighted by Crippen LogP contribution is -2.42. The fourth-order valence-electron chi connectivity index (χ4n) is 4.26. The van der Waals surface area contributed by atoms with Crippen LogP contribution in [0.5, 0.6) is 0 Å². The van der Waals surface area contributed by atoms with Crippen molar-refractivity contribution < 1.29 is 19.4 Å². The zero-order valence-electron chi connectivity index (χ0n) is 9.91. The maximum absolute atomic E-state index is 11.7. The number of hydrogen-bond acceptors (Lipinski definition) is 3. The summed E-state index contributed by atoms with van der Waals surface area (Å²) in [6.45, 7) is 0. The van der Waals surface area contributed by atoms with Gasteiger partial charge in [0.1, 0.15) is 0 Å². The van der Waals surface area contributed by atoms with Crippen LogP contribution in [-0.2, 0) is 14.3 Å². The highest BCUT2D eigenvalue weighted by molar-refractivity contribution is 5.75. The Morgan fingerprint density at radius 3 is 2.35 bits per heavy atom. The number of carbonyl (C=O) groups is 1. The molecule has 4 rings (SSSR count). The first-order valence-corrected chi connectivity index (χ1v) is 6.76. The van der Waals surface area contributed by atoms with E-state index in [0.29, 0.717) is 0 Å². The predicted octanol–water partition coefficient (Wildman–Crippen LogP) is 2.27. The van der Waals surface area contributed by atoms with Gasteiger partial charge >= 0.3 is 5.97 Å². The van der Waals surface area contributed by atoms with E-state index >= 15 is 0 Å². The van der Waals surface area contributed by atoms with Crippen LogP contribution in [0, 0.1) is 11.3 Å². The van der Waals surface area contributed by atoms with Crippen LogP contribution in [0.15, 0.2) is 0 Å². The molecule has 0 aromatic rings. The fraction of sp³-hybridized carbons (Fsp3) is 0.923. The summed E-state index contributed by atoms with van der Waals surface area (Å²) >= 11 is 0. The number of carboxylic acids is 1. The van der Waals surface area contributed by atoms with Crippen molar-refractivity contribution in [3.8, 4) is 0 Å². The number of hydrogen-bond donors (Lipinski definition) is 1. The van der Waals surface area contributed by atoms with Gasteiger partial charge in [0.15, 0.2) is 0 Å². The molecule has 1 N–H and O–H groups in total. The summed E-state index contributed by atoms with van der Waals surface area (Å²) in [5, 5.41) is 9.66. The van der Waals surface area contributed by atoms with Crippen molar-refractivity contribution in [2.45, 2.75) is 62.9 Å². The highest BCUT2D eigenvalue weighted by Crippen LogP contribution is 2.76. The Kier molecular flexibility index (Phi) is 1.74. The van der Waals surface area contributed by atoms with Crippen molar-refractivity contribution in [3.63, 3.8) is 0 Å². The third kappa shape index (κ3) is 1.13. The second-order valence-electron chi connectivity index (χ2n) is 6.17. The molecule has 2 saturated heterocycles. The normalized spacial score (nSPS) is 50.0. The Bertz CT molecular complexity index is 377. The molecule has 4 aliphatic rings. The fourth-order valence-corrected chi connectivity index (χ4v) is 4.26. The Balaban J connectivity index is 1.59. The summed E-state index contributed by atoms with van der Waals surface area (Å²) in [7, 11) is 0. The van der Waals surface area contributed by atoms with Crippen LogP contribution in [0.2, 0.25) is 0 Å². The SMILES string of the molecule is O=C(O)C1(C2CCC34OC3(C2)O4)CCCCC1. The van der Waals surface area contributed by atoms with Gasteiger partial charge in [-0.1, -0.05) is 19.3 Å². The predicted molar refractivity (Wildman–Crippen MR) is 58.1 cm³/mol. The summed E-state index contributed by atoms with van der Waals surface area (Å²) in [5.41, 5.74) is -0.489. The molecule has 2 heterocycles. The van der Waals surface area contributed by atoms with Gasteiger partial charge in [0, 0.05) is 12.8 Å². The van der Waals surface area contributed by atoms with E-state index < -0.39 is 11.4 Å². The van der Waals surface area contributed by atoms with E-state index in [1.807, 2.05) is 0 Å². The van der Waals surface area contributed by atoms with Gasteiger partial charge in [0.05, 0.1) is 5.41 Å². The third-order valence-electron chi connectivity index (χ3n) is 5.45. The van der Waals surface area contributed by atoms with E-state index in [9.17, 15) is 9.90 Å². The van der Waals surface area contributed by atoms with Crippen molar-refractivity contribution in [3.05, 3.63) is 0 Å². The smallest absolute Gasteiger partial charge is 0.309 e. The van der Waals surface area contributed by atoms with Gasteiger partial charge in [-0.2, -0.15) is 0 Å². The van der Waals surface area contributed by atoms with E-state index in [1.165, 1.54) is 6.42 Å². The summed E-state index contributed by atoms with van der Waals surface area (Å²) in [6, 6.07) is 0. The number of aliphatic carboxylic acids is 1. The lowest BCUT2D eigenvalue weighted by Gasteiger charge is -2.40. The van der Waals surface area contributed by atoms with Crippen LogP contribution in [0.4, 0.5) is 0 Å². The average Bonchev–Trinajstić information content (AvgIpc) is 3.14. The monoisotopic (exact) mass is 238 g/mol. The summed E-state index contributed by atoms with van der Waals surface area (Å²) < 4.78 is 11.1. The molecule has 0 spiro atoms. The van der Waals surface area contributed by atoms with E-state index in [2.05, 4.69) is 0 Å². The second-order valence-corrected chi connectivity index (χ2v) is 6.17. The first-order chi connectivity index (χ1) is 8.13. The molecule has 0 amide bonds. The minimum Gasteiger partial charge on any atom is -0.481 e. The number of carboxylic acid groups (broad SMARTS) is 1. The number of ether oxygens (including phenoxy) is 2. The number of epoxide rings is 2. The molecule has 1 atom stereocenters. The summed E-state index contributed by atoms with van der Waals surface area (Å²) in [6.07, 6.45) is 7.64. The lowest BCUT2D eigenvalue weighted by molar-refractivity contribution is -0.157. The van der Waals surface area contributed by atoms with Gasteiger partial charge in [0.25, 0.3) is 0 Å². The molecular formula is C13H18O4. The van der Waals surface area contributed by atoms with Gasteiger partial charge in [-0.05, 0) is 25.2 Å². The van der Waals surface area contributed by atoms with Crippen molar-refractivity contribution in [2.24, 2.45) is 11.3 Å². The first kappa shape index (κ1) is 10.3. The molecule has 17 heavy (non-hydrogen) atoms. The molecule has 4 nitrogen and oxygen atoms in total. The molecule has 0 radical (unpaired) electrons. The van der Waals surface area contributed by atoms with Crippen molar-refractivity contribution in [1.82, 2.24) is 0 Å². The Morgan fingerprint density at radius 2 is 1.76 bits per heavy atom. The lowest BCUT2D eigenvalue weighted by atomic mass is 9.62. The quantitative estimate of drug-likeness (QED) is 0.750. The van der Waals surface area contributed by atoms with Crippen LogP contribution in [-0.4, -0.2) is 22.7 Å². The zero-order valence-corrected chi connectivity index (χ0v) is 9.91. The maximum atomic E-state index is 11.7. The molecule has 2 saturated carbocycles. The molecule has 1 unspecified atom stereocenters. The summed E-state index contributed by atoms with van der Waals surface area (Å²) in [5.74, 6) is -0.931. The average molecular weight is 238 g/mol. The maximum Gasteiger partial charge on any atom is 0.309 e. The summed E-state index contributed by atoms with van der Waals surface area (Å²) in [4.78, 5) is 11.7. The van der Waals surface area contributed by atoms with Gasteiger partial charge in [-0.15, -0.1) is 0 Å². The van der Waals surface area contributed by atoms with Crippen molar-refractivity contribution >= 4 is 5.97 Å². The molecule has 4 fully saturated rings. The van der Waals surface area contributed by atoms with Crippen LogP contribution in [0.3, 0.4) is 0 Å². The molecule has 2 aliphatic heterocycles. The van der Waals surface area contributed by atoms with Gasteiger partial charge < -0.3 is 14.6 Å². The largest absolute Gasteiger partial charge is 0.481 e. The zero-order chi connectivity index (χ0) is 11.7. The highest BCUT2D eigenvalue weighted by Gasteiger charge is 2.92. The molecule has 2 aliphatic carbocycles. The molecule has 94 valence electrons. The second kappa shape index (κ2) is 2.86. The van der Waals surface area contributed by atoms with Crippen LogP contribution in [0.25, 0.3) is 0 Å². The molecule has 0 aromatic carbocycles. The Morgan fingerprint density at radius 1 is 1.06 bits per heavy atom. The van der Waals surface area contributed by atoms with Crippen LogP contribution >= 0.6 is 0 Å². The Labute approximate surface area is 100 Å². The van der Waals surface area contributed by atoms with Crippen molar-refractivity contribution in [2.75, 3.05) is 0 Å². The third-order valence-corrected chi connectivity index (χ3v) is 5.45. The van der Waals surface area contributed by atoms with E-state index in [0.717, 1.165) is 44.9 Å². The van der Waals surface area contributed by atoms with Crippen LogP contribution < -0.4 is 0 Å². The number of rotatable bonds is 2. The molecule has 0 aromatic heterocycles. The van der Waals surface area contributed by atoms with E-state index in [4.69, 9.17) is 9.47 Å². The molecule has 4 heteroatoms.